The van der Waals surface area contributed by atoms with E-state index in [1.165, 1.54) is 12.1 Å². The van der Waals surface area contributed by atoms with E-state index in [-0.39, 0.29) is 5.82 Å². The summed E-state index contributed by atoms with van der Waals surface area (Å²) in [7, 11) is -3.59. The highest BCUT2D eigenvalue weighted by molar-refractivity contribution is 7.88. The van der Waals surface area contributed by atoms with Gasteiger partial charge in [-0.05, 0) is 17.5 Å². The van der Waals surface area contributed by atoms with Gasteiger partial charge < -0.3 is 4.52 Å². The highest BCUT2D eigenvalue weighted by Crippen LogP contribution is 2.36. The topological polar surface area (TPSA) is 85.1 Å². The average Bonchev–Trinajstić information content (AvgIpc) is 3.18. The van der Waals surface area contributed by atoms with Gasteiger partial charge in [0.05, 0.1) is 11.8 Å². The molecule has 0 aliphatic heterocycles. The van der Waals surface area contributed by atoms with Crippen LogP contribution in [0.2, 0.25) is 0 Å². The summed E-state index contributed by atoms with van der Waals surface area (Å²) in [4.78, 5) is 3.38. The number of sulfonamides is 1. The molecule has 0 saturated carbocycles. The Morgan fingerprint density at radius 3 is 2.10 bits per heavy atom. The molecule has 10 heteroatoms. The third kappa shape index (κ3) is 4.71. The quantitative estimate of drug-likeness (QED) is 0.592. The molecule has 1 N–H and O–H groups in total. The molecule has 30 heavy (non-hydrogen) atoms. The summed E-state index contributed by atoms with van der Waals surface area (Å²) in [6.45, 7) is 1.94. The standard InChI is InChI=1S/C20H20F3N3O3S/c1-3-13-19(26-30(2,27)28,15-7-5-4-6-8-15)16-11-9-14(10-12-16)17-24-18(29-25-17)20(21,22)23/h4-12,26H,3,13H2,1-2H3. The van der Waals surface area contributed by atoms with E-state index < -0.39 is 27.6 Å². The van der Waals surface area contributed by atoms with Crippen molar-refractivity contribution < 1.29 is 26.1 Å². The number of rotatable bonds is 7. The maximum atomic E-state index is 12.7. The molecule has 0 aliphatic rings. The van der Waals surface area contributed by atoms with Crippen molar-refractivity contribution in [1.29, 1.82) is 0 Å². The summed E-state index contributed by atoms with van der Waals surface area (Å²) >= 11 is 0. The number of nitrogens with zero attached hydrogens (tertiary/aromatic N) is 2. The van der Waals surface area contributed by atoms with Crippen LogP contribution in [0, 0.1) is 0 Å². The fourth-order valence-corrected chi connectivity index (χ4v) is 4.37. The second-order valence-electron chi connectivity index (χ2n) is 6.89. The summed E-state index contributed by atoms with van der Waals surface area (Å²) in [5.74, 6) is -1.63. The minimum Gasteiger partial charge on any atom is -0.329 e. The van der Waals surface area contributed by atoms with Crippen molar-refractivity contribution in [3.05, 3.63) is 71.6 Å². The maximum Gasteiger partial charge on any atom is 0.471 e. The SMILES string of the molecule is CCCC(NS(C)(=O)=O)(c1ccccc1)c1ccc(-c2noc(C(F)(F)F)n2)cc1. The van der Waals surface area contributed by atoms with Crippen molar-refractivity contribution in [2.45, 2.75) is 31.5 Å². The minimum absolute atomic E-state index is 0.203. The van der Waals surface area contributed by atoms with Crippen molar-refractivity contribution in [1.82, 2.24) is 14.9 Å². The largest absolute Gasteiger partial charge is 0.471 e. The van der Waals surface area contributed by atoms with Crippen LogP contribution in [0.25, 0.3) is 11.4 Å². The van der Waals surface area contributed by atoms with Gasteiger partial charge in [0.25, 0.3) is 0 Å². The van der Waals surface area contributed by atoms with Crippen LogP contribution in [0.1, 0.15) is 36.8 Å². The first-order valence-corrected chi connectivity index (χ1v) is 11.0. The van der Waals surface area contributed by atoms with Crippen LogP contribution in [-0.4, -0.2) is 24.8 Å². The lowest BCUT2D eigenvalue weighted by Gasteiger charge is -2.35. The van der Waals surface area contributed by atoms with Gasteiger partial charge in [-0.2, -0.15) is 18.2 Å². The molecule has 6 nitrogen and oxygen atoms in total. The fraction of sp³-hybridized carbons (Fsp3) is 0.300. The van der Waals surface area contributed by atoms with Gasteiger partial charge in [-0.3, -0.25) is 0 Å². The van der Waals surface area contributed by atoms with Crippen molar-refractivity contribution in [3.63, 3.8) is 0 Å². The minimum atomic E-state index is -4.73. The summed E-state index contributed by atoms with van der Waals surface area (Å²) in [6, 6.07) is 15.5. The van der Waals surface area contributed by atoms with Crippen LogP contribution in [0.15, 0.2) is 59.1 Å². The van der Waals surface area contributed by atoms with Crippen LogP contribution in [0.3, 0.4) is 0 Å². The molecule has 3 aromatic rings. The maximum absolute atomic E-state index is 12.7. The first-order chi connectivity index (χ1) is 14.0. The molecule has 1 atom stereocenters. The Bertz CT molecular complexity index is 1100. The second-order valence-corrected chi connectivity index (χ2v) is 8.64. The van der Waals surface area contributed by atoms with Crippen molar-refractivity contribution >= 4 is 10.0 Å². The second kappa shape index (κ2) is 8.19. The molecule has 2 aromatic carbocycles. The molecule has 1 aromatic heterocycles. The molecule has 0 amide bonds. The number of halogens is 3. The van der Waals surface area contributed by atoms with Gasteiger partial charge in [0.1, 0.15) is 0 Å². The van der Waals surface area contributed by atoms with Crippen LogP contribution in [0.4, 0.5) is 13.2 Å². The van der Waals surface area contributed by atoms with Gasteiger partial charge in [0.2, 0.25) is 15.8 Å². The lowest BCUT2D eigenvalue weighted by atomic mass is 9.80. The van der Waals surface area contributed by atoms with E-state index in [1.54, 1.807) is 12.1 Å². The van der Waals surface area contributed by atoms with Gasteiger partial charge in [0.15, 0.2) is 0 Å². The van der Waals surface area contributed by atoms with Crippen LogP contribution in [0.5, 0.6) is 0 Å². The lowest BCUT2D eigenvalue weighted by molar-refractivity contribution is -0.159. The van der Waals surface area contributed by atoms with Crippen molar-refractivity contribution in [2.24, 2.45) is 0 Å². The molecule has 0 radical (unpaired) electrons. The van der Waals surface area contributed by atoms with Crippen LogP contribution < -0.4 is 4.72 Å². The Balaban J connectivity index is 2.07. The van der Waals surface area contributed by atoms with Gasteiger partial charge >= 0.3 is 12.1 Å². The average molecular weight is 439 g/mol. The summed E-state index contributed by atoms with van der Waals surface area (Å²) in [6.07, 6.45) is -2.48. The number of benzene rings is 2. The Morgan fingerprint density at radius 2 is 1.60 bits per heavy atom. The van der Waals surface area contributed by atoms with Gasteiger partial charge in [-0.15, -0.1) is 0 Å². The molecule has 160 valence electrons. The van der Waals surface area contributed by atoms with E-state index >= 15 is 0 Å². The van der Waals surface area contributed by atoms with Gasteiger partial charge in [-0.25, -0.2) is 13.1 Å². The number of alkyl halides is 3. The number of hydrogen-bond acceptors (Lipinski definition) is 5. The van der Waals surface area contributed by atoms with Gasteiger partial charge in [-0.1, -0.05) is 73.1 Å². The highest BCUT2D eigenvalue weighted by atomic mass is 32.2. The Hall–Kier alpha value is -2.72. The third-order valence-electron chi connectivity index (χ3n) is 4.56. The Morgan fingerprint density at radius 1 is 1.00 bits per heavy atom. The third-order valence-corrected chi connectivity index (χ3v) is 5.27. The van der Waals surface area contributed by atoms with Gasteiger partial charge in [0, 0.05) is 5.56 Å². The molecule has 1 heterocycles. The highest BCUT2D eigenvalue weighted by Gasteiger charge is 2.39. The zero-order chi connectivity index (χ0) is 22.0. The molecular weight excluding hydrogens is 419 g/mol. The molecule has 0 bridgehead atoms. The molecule has 1 unspecified atom stereocenters. The van der Waals surface area contributed by atoms with Crippen molar-refractivity contribution in [3.8, 4) is 11.4 Å². The predicted octanol–water partition coefficient (Wildman–Crippen LogP) is 4.35. The van der Waals surface area contributed by atoms with Crippen LogP contribution in [-0.2, 0) is 21.7 Å². The van der Waals surface area contributed by atoms with E-state index in [2.05, 4.69) is 19.4 Å². The van der Waals surface area contributed by atoms with Crippen LogP contribution >= 0.6 is 0 Å². The smallest absolute Gasteiger partial charge is 0.329 e. The normalized spacial score (nSPS) is 14.4. The zero-order valence-electron chi connectivity index (χ0n) is 16.3. The number of hydrogen-bond donors (Lipinski definition) is 1. The monoisotopic (exact) mass is 439 g/mol. The summed E-state index contributed by atoms with van der Waals surface area (Å²) < 4.78 is 69.6. The molecular formula is C20H20F3N3O3S. The molecule has 0 saturated heterocycles. The molecule has 0 fully saturated rings. The van der Waals surface area contributed by atoms with E-state index in [0.717, 1.165) is 11.8 Å². The van der Waals surface area contributed by atoms with E-state index in [9.17, 15) is 21.6 Å². The summed E-state index contributed by atoms with van der Waals surface area (Å²) in [5.41, 5.74) is 0.681. The number of aromatic nitrogens is 2. The lowest BCUT2D eigenvalue weighted by Crippen LogP contribution is -2.46. The molecule has 0 spiro atoms. The van der Waals surface area contributed by atoms with E-state index in [0.29, 0.717) is 24.0 Å². The van der Waals surface area contributed by atoms with E-state index in [4.69, 9.17) is 0 Å². The molecule has 0 aliphatic carbocycles. The first kappa shape index (κ1) is 22.0. The predicted molar refractivity (Wildman–Crippen MR) is 105 cm³/mol. The van der Waals surface area contributed by atoms with E-state index in [1.807, 2.05) is 37.3 Å². The zero-order valence-corrected chi connectivity index (χ0v) is 17.1. The fourth-order valence-electron chi connectivity index (χ4n) is 3.40. The summed E-state index contributed by atoms with van der Waals surface area (Å²) in [5, 5.41) is 3.38. The first-order valence-electron chi connectivity index (χ1n) is 9.11. The van der Waals surface area contributed by atoms with Crippen molar-refractivity contribution in [2.75, 3.05) is 6.26 Å². The Kier molecular flexibility index (Phi) is 6.00. The molecule has 3 rings (SSSR count). The number of nitrogens with one attached hydrogen (secondary N) is 1. The Labute approximate surface area is 172 Å².